The van der Waals surface area contributed by atoms with Crippen LogP contribution >= 0.6 is 11.3 Å². The van der Waals surface area contributed by atoms with Crippen molar-refractivity contribution in [2.45, 2.75) is 46.2 Å². The molecule has 1 heterocycles. The predicted octanol–water partition coefficient (Wildman–Crippen LogP) is 5.36. The lowest BCUT2D eigenvalue weighted by atomic mass is 9.99. The Labute approximate surface area is 127 Å². The molecule has 1 unspecified atom stereocenters. The molecule has 1 aromatic carbocycles. The molecule has 1 nitrogen and oxygen atoms in total. The van der Waals surface area contributed by atoms with Gasteiger partial charge in [-0.3, -0.25) is 0 Å². The molecule has 0 amide bonds. The van der Waals surface area contributed by atoms with Crippen molar-refractivity contribution in [3.63, 3.8) is 0 Å². The minimum absolute atomic E-state index is 0.375. The van der Waals surface area contributed by atoms with Gasteiger partial charge in [0.15, 0.2) is 0 Å². The standard InChI is InChI=1S/C18H25NS/c1-13(2)12-16-7-9-17(10-8-16)14(3)19-15(4)18-6-5-11-20-18/h5-11,13-15,19H,12H2,1-4H3/t14?,15-/m1/s1. The van der Waals surface area contributed by atoms with Crippen molar-refractivity contribution in [2.75, 3.05) is 0 Å². The van der Waals surface area contributed by atoms with E-state index in [2.05, 4.69) is 74.8 Å². The zero-order valence-corrected chi connectivity index (χ0v) is 13.7. The van der Waals surface area contributed by atoms with E-state index in [1.807, 2.05) is 11.3 Å². The summed E-state index contributed by atoms with van der Waals surface area (Å²) in [5, 5.41) is 5.81. The molecule has 0 fully saturated rings. The van der Waals surface area contributed by atoms with Crippen LogP contribution in [0.25, 0.3) is 0 Å². The quantitative estimate of drug-likeness (QED) is 0.754. The summed E-state index contributed by atoms with van der Waals surface area (Å²) in [5.41, 5.74) is 2.79. The fraction of sp³-hybridized carbons (Fsp3) is 0.444. The molecule has 0 aliphatic heterocycles. The van der Waals surface area contributed by atoms with Crippen LogP contribution in [0.3, 0.4) is 0 Å². The minimum atomic E-state index is 0.375. The molecule has 20 heavy (non-hydrogen) atoms. The van der Waals surface area contributed by atoms with Gasteiger partial charge >= 0.3 is 0 Å². The lowest BCUT2D eigenvalue weighted by Crippen LogP contribution is -2.21. The van der Waals surface area contributed by atoms with E-state index in [9.17, 15) is 0 Å². The minimum Gasteiger partial charge on any atom is -0.303 e. The SMILES string of the molecule is CC(C)Cc1ccc(C(C)N[C@H](C)c2cccs2)cc1. The number of hydrogen-bond donors (Lipinski definition) is 1. The van der Waals surface area contributed by atoms with Crippen molar-refractivity contribution in [3.8, 4) is 0 Å². The van der Waals surface area contributed by atoms with Crippen molar-refractivity contribution in [3.05, 3.63) is 57.8 Å². The van der Waals surface area contributed by atoms with Crippen LogP contribution in [0.1, 0.15) is 55.8 Å². The van der Waals surface area contributed by atoms with Crippen LogP contribution in [0.4, 0.5) is 0 Å². The van der Waals surface area contributed by atoms with Crippen molar-refractivity contribution >= 4 is 11.3 Å². The molecule has 108 valence electrons. The lowest BCUT2D eigenvalue weighted by molar-refractivity contribution is 0.500. The molecule has 1 N–H and O–H groups in total. The van der Waals surface area contributed by atoms with E-state index in [1.165, 1.54) is 16.0 Å². The Hall–Kier alpha value is -1.12. The van der Waals surface area contributed by atoms with Gasteiger partial charge in [-0.1, -0.05) is 44.2 Å². The second-order valence-electron chi connectivity index (χ2n) is 5.97. The Morgan fingerprint density at radius 2 is 1.65 bits per heavy atom. The molecule has 1 aromatic heterocycles. The lowest BCUT2D eigenvalue weighted by Gasteiger charge is -2.20. The Kier molecular flexibility index (Phi) is 5.38. The summed E-state index contributed by atoms with van der Waals surface area (Å²) < 4.78 is 0. The Bertz CT molecular complexity index is 499. The highest BCUT2D eigenvalue weighted by Gasteiger charge is 2.11. The molecule has 2 heteroatoms. The van der Waals surface area contributed by atoms with Crippen LogP contribution < -0.4 is 5.32 Å². The molecule has 0 bridgehead atoms. The second kappa shape index (κ2) is 7.05. The highest BCUT2D eigenvalue weighted by atomic mass is 32.1. The van der Waals surface area contributed by atoms with E-state index in [0.717, 1.165) is 12.3 Å². The molecule has 0 saturated heterocycles. The first-order chi connectivity index (χ1) is 9.56. The van der Waals surface area contributed by atoms with E-state index in [4.69, 9.17) is 0 Å². The van der Waals surface area contributed by atoms with Gasteiger partial charge in [0.25, 0.3) is 0 Å². The van der Waals surface area contributed by atoms with Gasteiger partial charge in [-0.2, -0.15) is 0 Å². The smallest absolute Gasteiger partial charge is 0.0391 e. The van der Waals surface area contributed by atoms with E-state index >= 15 is 0 Å². The summed E-state index contributed by atoms with van der Waals surface area (Å²) in [4.78, 5) is 1.40. The first kappa shape index (κ1) is 15.3. The summed E-state index contributed by atoms with van der Waals surface area (Å²) in [5.74, 6) is 0.718. The Morgan fingerprint density at radius 1 is 0.950 bits per heavy atom. The zero-order chi connectivity index (χ0) is 14.5. The highest BCUT2D eigenvalue weighted by molar-refractivity contribution is 7.10. The molecule has 0 aliphatic rings. The van der Waals surface area contributed by atoms with Gasteiger partial charge in [-0.15, -0.1) is 11.3 Å². The van der Waals surface area contributed by atoms with Crippen molar-refractivity contribution < 1.29 is 0 Å². The number of rotatable bonds is 6. The third-order valence-corrected chi connectivity index (χ3v) is 4.65. The van der Waals surface area contributed by atoms with Crippen molar-refractivity contribution in [1.29, 1.82) is 0 Å². The van der Waals surface area contributed by atoms with Crippen LogP contribution in [-0.2, 0) is 6.42 Å². The number of benzene rings is 1. The molecule has 0 spiro atoms. The largest absolute Gasteiger partial charge is 0.303 e. The molecule has 2 aromatic rings. The average molecular weight is 287 g/mol. The fourth-order valence-corrected chi connectivity index (χ4v) is 3.25. The van der Waals surface area contributed by atoms with Crippen LogP contribution in [0.2, 0.25) is 0 Å². The maximum Gasteiger partial charge on any atom is 0.0391 e. The second-order valence-corrected chi connectivity index (χ2v) is 6.94. The topological polar surface area (TPSA) is 12.0 Å². The normalized spacial score (nSPS) is 14.4. The number of nitrogens with one attached hydrogen (secondary N) is 1. The molecular weight excluding hydrogens is 262 g/mol. The third kappa shape index (κ3) is 4.19. The van der Waals surface area contributed by atoms with Crippen molar-refractivity contribution in [2.24, 2.45) is 5.92 Å². The molecule has 0 radical (unpaired) electrons. The molecule has 2 rings (SSSR count). The first-order valence-corrected chi connectivity index (χ1v) is 8.32. The predicted molar refractivity (Wildman–Crippen MR) is 89.3 cm³/mol. The van der Waals surface area contributed by atoms with E-state index < -0.39 is 0 Å². The maximum atomic E-state index is 3.67. The van der Waals surface area contributed by atoms with Gasteiger partial charge in [-0.25, -0.2) is 0 Å². The van der Waals surface area contributed by atoms with Gasteiger partial charge in [-0.05, 0) is 48.8 Å². The molecular formula is C18H25NS. The Morgan fingerprint density at radius 3 is 2.20 bits per heavy atom. The molecule has 0 saturated carbocycles. The first-order valence-electron chi connectivity index (χ1n) is 7.44. The summed E-state index contributed by atoms with van der Waals surface area (Å²) >= 11 is 1.81. The van der Waals surface area contributed by atoms with E-state index in [1.54, 1.807) is 0 Å². The summed E-state index contributed by atoms with van der Waals surface area (Å²) in [6.45, 7) is 9.00. The molecule has 2 atom stereocenters. The summed E-state index contributed by atoms with van der Waals surface area (Å²) in [6, 6.07) is 14.1. The summed E-state index contributed by atoms with van der Waals surface area (Å²) in [6.07, 6.45) is 1.16. The summed E-state index contributed by atoms with van der Waals surface area (Å²) in [7, 11) is 0. The highest BCUT2D eigenvalue weighted by Crippen LogP contribution is 2.23. The Balaban J connectivity index is 1.97. The van der Waals surface area contributed by atoms with Crippen LogP contribution in [0.15, 0.2) is 41.8 Å². The molecule has 0 aliphatic carbocycles. The van der Waals surface area contributed by atoms with Crippen LogP contribution in [0.5, 0.6) is 0 Å². The van der Waals surface area contributed by atoms with E-state index in [0.29, 0.717) is 12.1 Å². The van der Waals surface area contributed by atoms with Gasteiger partial charge < -0.3 is 5.32 Å². The number of hydrogen-bond acceptors (Lipinski definition) is 2. The van der Waals surface area contributed by atoms with Gasteiger partial charge in [0.2, 0.25) is 0 Å². The average Bonchev–Trinajstić information content (AvgIpc) is 2.92. The van der Waals surface area contributed by atoms with Gasteiger partial charge in [0.1, 0.15) is 0 Å². The monoisotopic (exact) mass is 287 g/mol. The number of thiophene rings is 1. The van der Waals surface area contributed by atoms with E-state index in [-0.39, 0.29) is 0 Å². The van der Waals surface area contributed by atoms with Crippen molar-refractivity contribution in [1.82, 2.24) is 5.32 Å². The zero-order valence-electron chi connectivity index (χ0n) is 12.9. The van der Waals surface area contributed by atoms with Crippen LogP contribution in [0, 0.1) is 5.92 Å². The fourth-order valence-electron chi connectivity index (χ4n) is 2.50. The van der Waals surface area contributed by atoms with Crippen LogP contribution in [-0.4, -0.2) is 0 Å². The maximum absolute atomic E-state index is 3.67. The van der Waals surface area contributed by atoms with Gasteiger partial charge in [0.05, 0.1) is 0 Å². The third-order valence-electron chi connectivity index (χ3n) is 3.59. The van der Waals surface area contributed by atoms with Gasteiger partial charge in [0, 0.05) is 17.0 Å².